The molecule has 4 nitrogen and oxygen atoms in total. The van der Waals surface area contributed by atoms with Gasteiger partial charge in [-0.1, -0.05) is 13.8 Å². The maximum atomic E-state index is 11.3. The predicted octanol–water partition coefficient (Wildman–Crippen LogP) is -0.422. The molecule has 1 heterocycles. The van der Waals surface area contributed by atoms with Crippen LogP contribution in [0, 0.1) is 0 Å². The van der Waals surface area contributed by atoms with Crippen molar-refractivity contribution in [1.82, 2.24) is 10.2 Å². The molecule has 0 spiro atoms. The molecule has 1 fully saturated rings. The number of aliphatic hydroxyl groups is 1. The molecule has 1 amide bonds. The molecule has 0 radical (unpaired) electrons. The lowest BCUT2D eigenvalue weighted by atomic mass is 10.1. The van der Waals surface area contributed by atoms with Gasteiger partial charge in [-0.25, -0.2) is 0 Å². The van der Waals surface area contributed by atoms with Crippen molar-refractivity contribution in [1.29, 1.82) is 0 Å². The van der Waals surface area contributed by atoms with Crippen molar-refractivity contribution in [2.45, 2.75) is 32.4 Å². The third-order valence-corrected chi connectivity index (χ3v) is 2.11. The fourth-order valence-electron chi connectivity index (χ4n) is 1.28. The van der Waals surface area contributed by atoms with Crippen LogP contribution in [-0.4, -0.2) is 47.7 Å². The molecule has 1 aliphatic rings. The highest BCUT2D eigenvalue weighted by Gasteiger charge is 2.27. The monoisotopic (exact) mass is 186 g/mol. The molecule has 2 N–H and O–H groups in total. The van der Waals surface area contributed by atoms with Gasteiger partial charge >= 0.3 is 0 Å². The van der Waals surface area contributed by atoms with Crippen molar-refractivity contribution in [2.24, 2.45) is 0 Å². The van der Waals surface area contributed by atoms with Gasteiger partial charge < -0.3 is 15.3 Å². The summed E-state index contributed by atoms with van der Waals surface area (Å²) in [5.41, 5.74) is 0. The number of hydrogen-bond acceptors (Lipinski definition) is 3. The van der Waals surface area contributed by atoms with Crippen molar-refractivity contribution < 1.29 is 9.90 Å². The minimum atomic E-state index is -0.290. The number of hydrogen-bond donors (Lipinski definition) is 2. The molecule has 0 saturated carbocycles. The van der Waals surface area contributed by atoms with Gasteiger partial charge in [0.2, 0.25) is 5.91 Å². The Morgan fingerprint density at radius 3 is 2.69 bits per heavy atom. The molecule has 0 aromatic heterocycles. The number of β-amino-alcohol motifs (C(OH)–C–C–N with tert-alkyl or cyclic N) is 1. The smallest absolute Gasteiger partial charge is 0.224 e. The Morgan fingerprint density at radius 1 is 1.62 bits per heavy atom. The number of carbonyl (C=O) groups is 1. The molecule has 1 aliphatic heterocycles. The van der Waals surface area contributed by atoms with Crippen molar-refractivity contribution in [3.8, 4) is 0 Å². The summed E-state index contributed by atoms with van der Waals surface area (Å²) in [6.45, 7) is 5.86. The van der Waals surface area contributed by atoms with Crippen molar-refractivity contribution in [3.05, 3.63) is 0 Å². The first kappa shape index (κ1) is 10.5. The number of nitrogens with one attached hydrogen (secondary N) is 1. The second-order valence-corrected chi connectivity index (χ2v) is 3.81. The minimum Gasteiger partial charge on any atom is -0.389 e. The maximum Gasteiger partial charge on any atom is 0.224 e. The molecule has 13 heavy (non-hydrogen) atoms. The van der Waals surface area contributed by atoms with E-state index in [1.54, 1.807) is 4.90 Å². The zero-order valence-electron chi connectivity index (χ0n) is 8.29. The topological polar surface area (TPSA) is 52.6 Å². The molecule has 0 unspecified atom stereocenters. The van der Waals surface area contributed by atoms with E-state index in [-0.39, 0.29) is 12.0 Å². The van der Waals surface area contributed by atoms with Crippen LogP contribution in [0.5, 0.6) is 0 Å². The summed E-state index contributed by atoms with van der Waals surface area (Å²) in [7, 11) is 0. The first-order chi connectivity index (χ1) is 6.09. The lowest BCUT2D eigenvalue weighted by Gasteiger charge is -2.36. The lowest BCUT2D eigenvalue weighted by Crippen LogP contribution is -2.53. The number of likely N-dealkylation sites (tertiary alicyclic amines) is 1. The Bertz CT molecular complexity index is 176. The molecule has 0 aliphatic carbocycles. The largest absolute Gasteiger partial charge is 0.389 e. The highest BCUT2D eigenvalue weighted by atomic mass is 16.3. The van der Waals surface area contributed by atoms with Crippen LogP contribution < -0.4 is 5.32 Å². The summed E-state index contributed by atoms with van der Waals surface area (Å²) in [4.78, 5) is 13.0. The van der Waals surface area contributed by atoms with E-state index in [9.17, 15) is 4.79 Å². The van der Waals surface area contributed by atoms with Crippen LogP contribution in [0.15, 0.2) is 0 Å². The Balaban J connectivity index is 2.05. The standard InChI is InChI=1S/C9H18N2O2/c1-7(2)10-4-3-9(13)11-5-8(12)6-11/h7-8,10,12H,3-6H2,1-2H3. The Hall–Kier alpha value is -0.610. The Morgan fingerprint density at radius 2 is 2.23 bits per heavy atom. The van der Waals surface area contributed by atoms with E-state index in [4.69, 9.17) is 5.11 Å². The van der Waals surface area contributed by atoms with Crippen molar-refractivity contribution >= 4 is 5.91 Å². The summed E-state index contributed by atoms with van der Waals surface area (Å²) < 4.78 is 0. The SMILES string of the molecule is CC(C)NCCC(=O)N1CC(O)C1. The second-order valence-electron chi connectivity index (χ2n) is 3.81. The average molecular weight is 186 g/mol. The Labute approximate surface area is 78.9 Å². The van der Waals surface area contributed by atoms with Gasteiger partial charge in [-0.05, 0) is 0 Å². The van der Waals surface area contributed by atoms with Crippen LogP contribution in [0.4, 0.5) is 0 Å². The molecule has 0 aromatic rings. The van der Waals surface area contributed by atoms with Gasteiger partial charge in [-0.2, -0.15) is 0 Å². The predicted molar refractivity (Wildman–Crippen MR) is 50.3 cm³/mol. The maximum absolute atomic E-state index is 11.3. The summed E-state index contributed by atoms with van der Waals surface area (Å²) in [6, 6.07) is 0.426. The van der Waals surface area contributed by atoms with E-state index in [1.807, 2.05) is 0 Å². The summed E-state index contributed by atoms with van der Waals surface area (Å²) in [5.74, 6) is 0.137. The van der Waals surface area contributed by atoms with E-state index in [1.165, 1.54) is 0 Å². The van der Waals surface area contributed by atoms with Crippen molar-refractivity contribution in [2.75, 3.05) is 19.6 Å². The van der Waals surface area contributed by atoms with Crippen LogP contribution in [0.2, 0.25) is 0 Å². The fraction of sp³-hybridized carbons (Fsp3) is 0.889. The molecule has 4 heteroatoms. The van der Waals surface area contributed by atoms with Gasteiger partial charge in [-0.15, -0.1) is 0 Å². The molecular weight excluding hydrogens is 168 g/mol. The third-order valence-electron chi connectivity index (χ3n) is 2.11. The van der Waals surface area contributed by atoms with Crippen LogP contribution in [0.3, 0.4) is 0 Å². The quantitative estimate of drug-likeness (QED) is 0.627. The number of rotatable bonds is 4. The van der Waals surface area contributed by atoms with Crippen molar-refractivity contribution in [3.63, 3.8) is 0 Å². The van der Waals surface area contributed by atoms with E-state index >= 15 is 0 Å². The molecule has 1 saturated heterocycles. The van der Waals surface area contributed by atoms with Gasteiger partial charge in [-0.3, -0.25) is 4.79 Å². The van der Waals surface area contributed by atoms with Crippen LogP contribution >= 0.6 is 0 Å². The zero-order valence-corrected chi connectivity index (χ0v) is 8.29. The third kappa shape index (κ3) is 3.32. The van der Waals surface area contributed by atoms with Gasteiger partial charge in [0.05, 0.1) is 6.10 Å². The van der Waals surface area contributed by atoms with Gasteiger partial charge in [0, 0.05) is 32.1 Å². The molecule has 0 bridgehead atoms. The number of nitrogens with zero attached hydrogens (tertiary/aromatic N) is 1. The zero-order chi connectivity index (χ0) is 9.84. The number of aliphatic hydroxyl groups excluding tert-OH is 1. The van der Waals surface area contributed by atoms with Gasteiger partial charge in [0.15, 0.2) is 0 Å². The van der Waals surface area contributed by atoms with Gasteiger partial charge in [0.25, 0.3) is 0 Å². The first-order valence-electron chi connectivity index (χ1n) is 4.79. The lowest BCUT2D eigenvalue weighted by molar-refractivity contribution is -0.141. The summed E-state index contributed by atoms with van der Waals surface area (Å²) >= 11 is 0. The van der Waals surface area contributed by atoms with E-state index in [0.29, 0.717) is 25.6 Å². The van der Waals surface area contributed by atoms with E-state index in [0.717, 1.165) is 6.54 Å². The summed E-state index contributed by atoms with van der Waals surface area (Å²) in [6.07, 6.45) is 0.243. The summed E-state index contributed by atoms with van der Waals surface area (Å²) in [5, 5.41) is 12.2. The molecular formula is C9H18N2O2. The molecule has 76 valence electrons. The second kappa shape index (κ2) is 4.58. The molecule has 1 rings (SSSR count). The number of amides is 1. The van der Waals surface area contributed by atoms with Crippen LogP contribution in [-0.2, 0) is 4.79 Å². The molecule has 0 atom stereocenters. The van der Waals surface area contributed by atoms with E-state index < -0.39 is 0 Å². The highest BCUT2D eigenvalue weighted by Crippen LogP contribution is 2.08. The highest BCUT2D eigenvalue weighted by molar-refractivity contribution is 5.77. The average Bonchev–Trinajstić information content (AvgIpc) is 1.97. The minimum absolute atomic E-state index is 0.137. The van der Waals surface area contributed by atoms with E-state index in [2.05, 4.69) is 19.2 Å². The number of carbonyl (C=O) groups excluding carboxylic acids is 1. The first-order valence-corrected chi connectivity index (χ1v) is 4.79. The van der Waals surface area contributed by atoms with Gasteiger partial charge in [0.1, 0.15) is 0 Å². The van der Waals surface area contributed by atoms with Crippen LogP contribution in [0.25, 0.3) is 0 Å². The molecule has 0 aromatic carbocycles. The van der Waals surface area contributed by atoms with Crippen LogP contribution in [0.1, 0.15) is 20.3 Å². The fourth-order valence-corrected chi connectivity index (χ4v) is 1.28. The Kier molecular flexibility index (Phi) is 3.69. The normalized spacial score (nSPS) is 17.7.